The molecule has 0 aromatic carbocycles. The molecule has 1 atom stereocenters. The van der Waals surface area contributed by atoms with Crippen LogP contribution in [0.1, 0.15) is 174 Å². The maximum atomic E-state index is 2.38. The van der Waals surface area contributed by atoms with Gasteiger partial charge in [-0.25, -0.2) is 0 Å². The predicted molar refractivity (Wildman–Crippen MR) is 156 cm³/mol. The van der Waals surface area contributed by atoms with Crippen LogP contribution in [0.25, 0.3) is 0 Å². The summed E-state index contributed by atoms with van der Waals surface area (Å²) in [5.74, 6) is 0.981. The van der Waals surface area contributed by atoms with Crippen LogP contribution in [0.5, 0.6) is 0 Å². The third-order valence-corrected chi connectivity index (χ3v) is 7.42. The van der Waals surface area contributed by atoms with E-state index in [9.17, 15) is 0 Å². The molecule has 0 saturated carbocycles. The summed E-state index contributed by atoms with van der Waals surface area (Å²) < 4.78 is 0. The van der Waals surface area contributed by atoms with E-state index in [1.807, 2.05) is 0 Å². The van der Waals surface area contributed by atoms with Crippen LogP contribution >= 0.6 is 12.4 Å². The second-order valence-electron chi connectivity index (χ2n) is 11.1. The molecule has 0 aliphatic carbocycles. The van der Waals surface area contributed by atoms with Gasteiger partial charge >= 0.3 is 0 Å². The van der Waals surface area contributed by atoms with Gasteiger partial charge < -0.3 is 4.90 Å². The topological polar surface area (TPSA) is 3.24 Å². The van der Waals surface area contributed by atoms with Crippen LogP contribution in [0.4, 0.5) is 0 Å². The predicted octanol–water partition coefficient (Wildman–Crippen LogP) is 11.4. The molecule has 0 radical (unpaired) electrons. The highest BCUT2D eigenvalue weighted by Crippen LogP contribution is 2.22. The van der Waals surface area contributed by atoms with Gasteiger partial charge in [-0.15, -0.1) is 12.4 Å². The molecule has 2 heteroatoms. The third-order valence-electron chi connectivity index (χ3n) is 7.42. The molecule has 0 amide bonds. The summed E-state index contributed by atoms with van der Waals surface area (Å²) in [6, 6.07) is 0. The monoisotopic (exact) mass is 487 g/mol. The molecule has 0 aromatic heterocycles. The van der Waals surface area contributed by atoms with Crippen LogP contribution in [0.3, 0.4) is 0 Å². The van der Waals surface area contributed by atoms with Gasteiger partial charge in [0.2, 0.25) is 0 Å². The molecular weight excluding hydrogens is 422 g/mol. The molecule has 0 aliphatic rings. The summed E-state index contributed by atoms with van der Waals surface area (Å²) in [4.78, 5) is 2.38. The fourth-order valence-corrected chi connectivity index (χ4v) is 5.07. The Hall–Kier alpha value is 0.250. The van der Waals surface area contributed by atoms with E-state index in [0.29, 0.717) is 0 Å². The summed E-state index contributed by atoms with van der Waals surface area (Å²) in [6.07, 6.45) is 36.6. The lowest BCUT2D eigenvalue weighted by atomic mass is 9.91. The van der Waals surface area contributed by atoms with E-state index >= 15 is 0 Å². The number of nitrogens with zero attached hydrogens (tertiary/aromatic N) is 1. The van der Waals surface area contributed by atoms with Gasteiger partial charge in [-0.3, -0.25) is 0 Å². The van der Waals surface area contributed by atoms with Gasteiger partial charge in [-0.1, -0.05) is 168 Å². The second kappa shape index (κ2) is 30.3. The Kier molecular flexibility index (Phi) is 32.5. The van der Waals surface area contributed by atoms with Crippen molar-refractivity contribution in [3.05, 3.63) is 0 Å². The fraction of sp³-hybridized carbons (Fsp3) is 1.00. The van der Waals surface area contributed by atoms with Gasteiger partial charge in [0, 0.05) is 0 Å². The number of hydrogen-bond acceptors (Lipinski definition) is 1. The zero-order chi connectivity index (χ0) is 23.5. The van der Waals surface area contributed by atoms with E-state index in [1.54, 1.807) is 0 Å². The average molecular weight is 488 g/mol. The average Bonchev–Trinajstić information content (AvgIpc) is 2.78. The van der Waals surface area contributed by atoms with Crippen LogP contribution in [0.15, 0.2) is 0 Å². The van der Waals surface area contributed by atoms with Crippen LogP contribution in [0.2, 0.25) is 0 Å². The van der Waals surface area contributed by atoms with E-state index in [-0.39, 0.29) is 12.4 Å². The molecule has 1 unspecified atom stereocenters. The Morgan fingerprint density at radius 1 is 0.394 bits per heavy atom. The van der Waals surface area contributed by atoms with Crippen molar-refractivity contribution in [2.24, 2.45) is 5.92 Å². The minimum absolute atomic E-state index is 0. The molecule has 33 heavy (non-hydrogen) atoms. The largest absolute Gasteiger partial charge is 0.309 e. The number of rotatable bonds is 27. The quantitative estimate of drug-likeness (QED) is 0.104. The van der Waals surface area contributed by atoms with Gasteiger partial charge in [0.15, 0.2) is 0 Å². The first-order valence-corrected chi connectivity index (χ1v) is 15.3. The zero-order valence-electron chi connectivity index (χ0n) is 23.8. The van der Waals surface area contributed by atoms with Crippen molar-refractivity contribution in [2.75, 3.05) is 20.6 Å². The third kappa shape index (κ3) is 30.2. The molecule has 0 N–H and O–H groups in total. The zero-order valence-corrected chi connectivity index (χ0v) is 24.6. The Morgan fingerprint density at radius 3 is 0.939 bits per heavy atom. The second-order valence-corrected chi connectivity index (χ2v) is 11.1. The molecule has 0 saturated heterocycles. The first-order chi connectivity index (χ1) is 15.7. The van der Waals surface area contributed by atoms with Crippen LogP contribution < -0.4 is 0 Å². The van der Waals surface area contributed by atoms with E-state index < -0.39 is 0 Å². The van der Waals surface area contributed by atoms with Gasteiger partial charge in [0.05, 0.1) is 0 Å². The first kappa shape index (κ1) is 35.4. The Labute approximate surface area is 218 Å². The van der Waals surface area contributed by atoms with E-state index in [0.717, 1.165) is 5.92 Å². The van der Waals surface area contributed by atoms with Crippen molar-refractivity contribution in [1.29, 1.82) is 0 Å². The van der Waals surface area contributed by atoms with Crippen molar-refractivity contribution < 1.29 is 0 Å². The highest BCUT2D eigenvalue weighted by Gasteiger charge is 2.09. The van der Waals surface area contributed by atoms with Crippen LogP contribution in [-0.4, -0.2) is 25.5 Å². The lowest BCUT2D eigenvalue weighted by Crippen LogP contribution is -2.17. The van der Waals surface area contributed by atoms with Gasteiger partial charge in [0.1, 0.15) is 0 Å². The maximum Gasteiger partial charge on any atom is -0.00222 e. The fourth-order valence-electron chi connectivity index (χ4n) is 5.07. The highest BCUT2D eigenvalue weighted by molar-refractivity contribution is 5.85. The molecule has 0 fully saturated rings. The Morgan fingerprint density at radius 2 is 0.667 bits per heavy atom. The van der Waals surface area contributed by atoms with Crippen LogP contribution in [-0.2, 0) is 0 Å². The lowest BCUT2D eigenvalue weighted by Gasteiger charge is -2.19. The highest BCUT2D eigenvalue weighted by atomic mass is 35.5. The lowest BCUT2D eigenvalue weighted by molar-refractivity contribution is 0.314. The summed E-state index contributed by atoms with van der Waals surface area (Å²) in [5, 5.41) is 0. The Bertz CT molecular complexity index is 331. The molecule has 1 nitrogen and oxygen atoms in total. The van der Waals surface area contributed by atoms with Gasteiger partial charge in [-0.05, 0) is 33.0 Å². The minimum atomic E-state index is 0. The smallest absolute Gasteiger partial charge is 0.00222 e. The van der Waals surface area contributed by atoms with E-state index in [2.05, 4.69) is 32.8 Å². The van der Waals surface area contributed by atoms with Gasteiger partial charge in [-0.2, -0.15) is 0 Å². The minimum Gasteiger partial charge on any atom is -0.309 e. The number of halogens is 1. The molecule has 0 rings (SSSR count). The van der Waals surface area contributed by atoms with E-state index in [1.165, 1.54) is 167 Å². The summed E-state index contributed by atoms with van der Waals surface area (Å²) in [7, 11) is 4.47. The number of unbranched alkanes of at least 4 members (excludes halogenated alkanes) is 20. The van der Waals surface area contributed by atoms with Crippen LogP contribution in [0, 0.1) is 5.92 Å². The van der Waals surface area contributed by atoms with E-state index in [4.69, 9.17) is 0 Å². The maximum absolute atomic E-state index is 2.38. The first-order valence-electron chi connectivity index (χ1n) is 15.3. The summed E-state index contributed by atoms with van der Waals surface area (Å²) in [6.45, 7) is 5.90. The molecule has 0 spiro atoms. The molecule has 0 bridgehead atoms. The number of hydrogen-bond donors (Lipinski definition) is 0. The SMILES string of the molecule is CCCCCCCCCCCCCCC(CCCCCCCCCCCC)CCN(C)C.Cl. The molecular formula is C31H66ClN. The molecule has 0 heterocycles. The van der Waals surface area contributed by atoms with Crippen molar-refractivity contribution in [3.8, 4) is 0 Å². The molecule has 0 aromatic rings. The Balaban J connectivity index is 0. The molecule has 0 aliphatic heterocycles. The van der Waals surface area contributed by atoms with Crippen molar-refractivity contribution >= 4 is 12.4 Å². The summed E-state index contributed by atoms with van der Waals surface area (Å²) in [5.41, 5.74) is 0. The van der Waals surface area contributed by atoms with Crippen molar-refractivity contribution in [3.63, 3.8) is 0 Å². The standard InChI is InChI=1S/C31H65N.ClH/c1-5-7-9-11-13-15-17-18-20-22-24-26-28-31(29-30-32(3)4)27-25-23-21-19-16-14-12-10-8-6-2;/h31H,5-30H2,1-4H3;1H. The van der Waals surface area contributed by atoms with Crippen molar-refractivity contribution in [1.82, 2.24) is 4.90 Å². The summed E-state index contributed by atoms with van der Waals surface area (Å²) >= 11 is 0. The van der Waals surface area contributed by atoms with Gasteiger partial charge in [0.25, 0.3) is 0 Å². The molecule has 202 valence electrons. The van der Waals surface area contributed by atoms with Crippen molar-refractivity contribution in [2.45, 2.75) is 174 Å². The normalized spacial score (nSPS) is 12.3.